The summed E-state index contributed by atoms with van der Waals surface area (Å²) in [6, 6.07) is 3.94. The minimum Gasteiger partial charge on any atom is -0.352 e. The molecule has 2 aromatic heterocycles. The standard InChI is InChI=1S/C20H27N5O2S/c1-25-13-16(20(27)23-12-19-22-9-10-28-19)5-6-17(14-25)24-18(26)7-4-15-3-2-8-21-11-15/h2-3,8-11,16-17H,4-7,12-14H2,1H3,(H,23,27)(H,24,26)/t16-,17+/m1/s1. The number of amides is 2. The second kappa shape index (κ2) is 10.3. The highest BCUT2D eigenvalue weighted by molar-refractivity contribution is 7.09. The number of rotatable bonds is 7. The second-order valence-corrected chi connectivity index (χ2v) is 8.24. The van der Waals surface area contributed by atoms with Crippen LogP contribution in [0.2, 0.25) is 0 Å². The van der Waals surface area contributed by atoms with Gasteiger partial charge in [-0.2, -0.15) is 0 Å². The first-order valence-electron chi connectivity index (χ1n) is 9.63. The number of aromatic nitrogens is 2. The number of hydrogen-bond donors (Lipinski definition) is 2. The molecule has 2 atom stereocenters. The summed E-state index contributed by atoms with van der Waals surface area (Å²) in [4.78, 5) is 35.2. The molecule has 2 amide bonds. The van der Waals surface area contributed by atoms with Gasteiger partial charge in [-0.3, -0.25) is 14.6 Å². The Morgan fingerprint density at radius 3 is 2.93 bits per heavy atom. The Morgan fingerprint density at radius 2 is 2.18 bits per heavy atom. The largest absolute Gasteiger partial charge is 0.352 e. The van der Waals surface area contributed by atoms with Crippen molar-refractivity contribution in [2.45, 2.75) is 38.3 Å². The van der Waals surface area contributed by atoms with Crippen LogP contribution in [0.4, 0.5) is 0 Å². The third kappa shape index (κ3) is 6.38. The highest BCUT2D eigenvalue weighted by Crippen LogP contribution is 2.17. The van der Waals surface area contributed by atoms with Gasteiger partial charge in [0, 0.05) is 49.5 Å². The van der Waals surface area contributed by atoms with Gasteiger partial charge in [0.05, 0.1) is 12.5 Å². The second-order valence-electron chi connectivity index (χ2n) is 7.26. The Kier molecular flexibility index (Phi) is 7.50. The Hall–Kier alpha value is -2.32. The molecular formula is C20H27N5O2S. The Morgan fingerprint density at radius 1 is 1.29 bits per heavy atom. The van der Waals surface area contributed by atoms with Gasteiger partial charge in [0.25, 0.3) is 0 Å². The Labute approximate surface area is 169 Å². The van der Waals surface area contributed by atoms with Crippen LogP contribution in [-0.4, -0.2) is 52.9 Å². The lowest BCUT2D eigenvalue weighted by Gasteiger charge is -2.22. The van der Waals surface area contributed by atoms with Crippen LogP contribution in [0, 0.1) is 5.92 Å². The molecule has 0 bridgehead atoms. The number of likely N-dealkylation sites (tertiary alicyclic amines) is 1. The van der Waals surface area contributed by atoms with Crippen LogP contribution in [0.3, 0.4) is 0 Å². The molecule has 1 saturated heterocycles. The molecule has 3 heterocycles. The molecule has 8 heteroatoms. The zero-order chi connectivity index (χ0) is 19.8. The molecule has 7 nitrogen and oxygen atoms in total. The van der Waals surface area contributed by atoms with Gasteiger partial charge in [-0.15, -0.1) is 11.3 Å². The number of carbonyl (C=O) groups is 2. The number of carbonyl (C=O) groups excluding carboxylic acids is 2. The maximum Gasteiger partial charge on any atom is 0.224 e. The summed E-state index contributed by atoms with van der Waals surface area (Å²) in [6.45, 7) is 1.94. The quantitative estimate of drug-likeness (QED) is 0.736. The topological polar surface area (TPSA) is 87.2 Å². The number of aryl methyl sites for hydroxylation is 1. The molecule has 0 radical (unpaired) electrons. The normalized spacial score (nSPS) is 20.3. The molecule has 2 N–H and O–H groups in total. The van der Waals surface area contributed by atoms with Crippen molar-refractivity contribution in [1.82, 2.24) is 25.5 Å². The van der Waals surface area contributed by atoms with E-state index in [0.717, 1.165) is 30.0 Å². The van der Waals surface area contributed by atoms with Gasteiger partial charge >= 0.3 is 0 Å². The fraction of sp³-hybridized carbons (Fsp3) is 0.500. The summed E-state index contributed by atoms with van der Waals surface area (Å²) in [5.74, 6) is 0.0433. The summed E-state index contributed by atoms with van der Waals surface area (Å²) in [6.07, 6.45) is 7.97. The highest BCUT2D eigenvalue weighted by Gasteiger charge is 2.27. The van der Waals surface area contributed by atoms with E-state index in [1.54, 1.807) is 18.6 Å². The van der Waals surface area contributed by atoms with Crippen LogP contribution < -0.4 is 10.6 Å². The van der Waals surface area contributed by atoms with Crippen LogP contribution in [0.1, 0.15) is 29.8 Å². The van der Waals surface area contributed by atoms with E-state index < -0.39 is 0 Å². The van der Waals surface area contributed by atoms with Crippen molar-refractivity contribution in [3.8, 4) is 0 Å². The van der Waals surface area contributed by atoms with Gasteiger partial charge in [0.15, 0.2) is 0 Å². The van der Waals surface area contributed by atoms with E-state index >= 15 is 0 Å². The summed E-state index contributed by atoms with van der Waals surface area (Å²) in [5.41, 5.74) is 1.06. The van der Waals surface area contributed by atoms with E-state index in [9.17, 15) is 9.59 Å². The zero-order valence-corrected chi connectivity index (χ0v) is 17.0. The molecule has 0 aromatic carbocycles. The Bertz CT molecular complexity index is 753. The van der Waals surface area contributed by atoms with Gasteiger partial charge < -0.3 is 15.5 Å². The summed E-state index contributed by atoms with van der Waals surface area (Å²) in [5, 5.41) is 8.94. The Balaban J connectivity index is 1.43. The van der Waals surface area contributed by atoms with E-state index in [2.05, 4.69) is 25.5 Å². The predicted octanol–water partition coefficient (Wildman–Crippen LogP) is 1.61. The lowest BCUT2D eigenvalue weighted by atomic mass is 10.0. The molecule has 150 valence electrons. The third-order valence-electron chi connectivity index (χ3n) is 4.92. The van der Waals surface area contributed by atoms with E-state index in [1.807, 2.05) is 24.6 Å². The molecule has 1 fully saturated rings. The van der Waals surface area contributed by atoms with Crippen molar-refractivity contribution in [2.24, 2.45) is 5.92 Å². The molecule has 0 aliphatic carbocycles. The first-order valence-corrected chi connectivity index (χ1v) is 10.5. The van der Waals surface area contributed by atoms with E-state index in [4.69, 9.17) is 0 Å². The van der Waals surface area contributed by atoms with Crippen molar-refractivity contribution < 1.29 is 9.59 Å². The van der Waals surface area contributed by atoms with Crippen LogP contribution in [-0.2, 0) is 22.6 Å². The maximum atomic E-state index is 12.5. The minimum atomic E-state index is -0.0674. The first kappa shape index (κ1) is 20.4. The smallest absolute Gasteiger partial charge is 0.224 e. The van der Waals surface area contributed by atoms with Crippen molar-refractivity contribution in [2.75, 3.05) is 20.1 Å². The summed E-state index contributed by atoms with van der Waals surface area (Å²) in [7, 11) is 2.00. The van der Waals surface area contributed by atoms with Gasteiger partial charge in [-0.25, -0.2) is 4.98 Å². The molecule has 0 unspecified atom stereocenters. The maximum absolute atomic E-state index is 12.5. The number of nitrogens with zero attached hydrogens (tertiary/aromatic N) is 3. The lowest BCUT2D eigenvalue weighted by molar-refractivity contribution is -0.125. The lowest BCUT2D eigenvalue weighted by Crippen LogP contribution is -2.42. The average molecular weight is 402 g/mol. The molecular weight excluding hydrogens is 374 g/mol. The highest BCUT2D eigenvalue weighted by atomic mass is 32.1. The number of hydrogen-bond acceptors (Lipinski definition) is 6. The van der Waals surface area contributed by atoms with Gasteiger partial charge in [-0.1, -0.05) is 6.07 Å². The predicted molar refractivity (Wildman–Crippen MR) is 109 cm³/mol. The van der Waals surface area contributed by atoms with Gasteiger partial charge in [0.2, 0.25) is 11.8 Å². The van der Waals surface area contributed by atoms with E-state index in [0.29, 0.717) is 25.9 Å². The molecule has 1 aliphatic heterocycles. The SMILES string of the molecule is CN1C[C@@H](NC(=O)CCc2cccnc2)CC[C@@H](C(=O)NCc2nccs2)C1. The molecule has 0 spiro atoms. The van der Waals surface area contributed by atoms with Crippen LogP contribution >= 0.6 is 11.3 Å². The summed E-state index contributed by atoms with van der Waals surface area (Å²) >= 11 is 1.54. The fourth-order valence-corrected chi connectivity index (χ4v) is 4.05. The van der Waals surface area contributed by atoms with Gasteiger partial charge in [-0.05, 0) is 37.9 Å². The molecule has 1 aliphatic rings. The third-order valence-corrected chi connectivity index (χ3v) is 5.70. The first-order chi connectivity index (χ1) is 13.6. The number of nitrogens with one attached hydrogen (secondary N) is 2. The van der Waals surface area contributed by atoms with Crippen LogP contribution in [0.5, 0.6) is 0 Å². The van der Waals surface area contributed by atoms with Crippen molar-refractivity contribution in [3.63, 3.8) is 0 Å². The number of likely N-dealkylation sites (N-methyl/N-ethyl adjacent to an activating group) is 1. The van der Waals surface area contributed by atoms with Crippen LogP contribution in [0.15, 0.2) is 36.1 Å². The number of pyridine rings is 1. The zero-order valence-electron chi connectivity index (χ0n) is 16.1. The summed E-state index contributed by atoms with van der Waals surface area (Å²) < 4.78 is 0. The van der Waals surface area contributed by atoms with Crippen LogP contribution in [0.25, 0.3) is 0 Å². The fourth-order valence-electron chi connectivity index (χ4n) is 3.49. The van der Waals surface area contributed by atoms with E-state index in [1.165, 1.54) is 11.3 Å². The van der Waals surface area contributed by atoms with Crippen molar-refractivity contribution in [3.05, 3.63) is 46.7 Å². The minimum absolute atomic E-state index is 0.0499. The number of thiazole rings is 1. The molecule has 2 aromatic rings. The van der Waals surface area contributed by atoms with Crippen molar-refractivity contribution in [1.29, 1.82) is 0 Å². The van der Waals surface area contributed by atoms with Crippen molar-refractivity contribution >= 4 is 23.2 Å². The van der Waals surface area contributed by atoms with E-state index in [-0.39, 0.29) is 23.8 Å². The monoisotopic (exact) mass is 401 g/mol. The molecule has 3 rings (SSSR count). The molecule has 0 saturated carbocycles. The molecule has 28 heavy (non-hydrogen) atoms. The van der Waals surface area contributed by atoms with Gasteiger partial charge in [0.1, 0.15) is 5.01 Å². The average Bonchev–Trinajstić information content (AvgIpc) is 3.15.